The number of Topliss-reactive ketones (excluding diaryl/α,β-unsaturated/α-hetero) is 1. The van der Waals surface area contributed by atoms with Crippen LogP contribution in [0.2, 0.25) is 0 Å². The average Bonchev–Trinajstić information content (AvgIpc) is 3.29. The first-order chi connectivity index (χ1) is 13.7. The maximum Gasteiger partial charge on any atom is 0.162 e. The summed E-state index contributed by atoms with van der Waals surface area (Å²) >= 11 is 0. The van der Waals surface area contributed by atoms with Crippen LogP contribution in [0.25, 0.3) is 0 Å². The van der Waals surface area contributed by atoms with Crippen LogP contribution in [-0.4, -0.2) is 36.7 Å². The van der Waals surface area contributed by atoms with E-state index in [0.717, 1.165) is 37.5 Å². The number of carbonyl (C=O) groups is 1. The molecule has 0 aliphatic heterocycles. The Labute approximate surface area is 173 Å². The van der Waals surface area contributed by atoms with Crippen LogP contribution in [0.4, 0.5) is 0 Å². The minimum absolute atomic E-state index is 0.127. The molecule has 29 heavy (non-hydrogen) atoms. The molecule has 6 nitrogen and oxygen atoms in total. The van der Waals surface area contributed by atoms with E-state index in [4.69, 9.17) is 0 Å². The highest BCUT2D eigenvalue weighted by atomic mass is 16.3. The molecule has 1 heterocycles. The summed E-state index contributed by atoms with van der Waals surface area (Å²) in [5.74, 6) is 3.27. The number of tetrazole rings is 1. The molecular formula is C23H36N4O2. The van der Waals surface area contributed by atoms with E-state index in [9.17, 15) is 9.90 Å². The van der Waals surface area contributed by atoms with Crippen molar-refractivity contribution in [2.75, 3.05) is 0 Å². The number of aromatic nitrogens is 4. The predicted molar refractivity (Wildman–Crippen MR) is 109 cm³/mol. The topological polar surface area (TPSA) is 80.9 Å². The summed E-state index contributed by atoms with van der Waals surface area (Å²) in [6.45, 7) is 7.22. The summed E-state index contributed by atoms with van der Waals surface area (Å²) < 4.78 is 0. The maximum atomic E-state index is 13.1. The highest BCUT2D eigenvalue weighted by Gasteiger charge is 2.61. The molecule has 4 saturated carbocycles. The molecule has 4 fully saturated rings. The molecule has 6 heteroatoms. The van der Waals surface area contributed by atoms with Gasteiger partial charge in [0.2, 0.25) is 0 Å². The molecule has 1 aromatic rings. The number of aliphatic hydroxyl groups is 1. The van der Waals surface area contributed by atoms with Crippen molar-refractivity contribution in [3.63, 3.8) is 0 Å². The fourth-order valence-corrected chi connectivity index (χ4v) is 8.47. The number of hydrogen-bond donors (Lipinski definition) is 1. The zero-order valence-corrected chi connectivity index (χ0v) is 18.2. The first-order valence-corrected chi connectivity index (χ1v) is 11.7. The van der Waals surface area contributed by atoms with Crippen molar-refractivity contribution in [3.05, 3.63) is 6.33 Å². The first-order valence-electron chi connectivity index (χ1n) is 11.7. The summed E-state index contributed by atoms with van der Waals surface area (Å²) in [7, 11) is 0. The van der Waals surface area contributed by atoms with Gasteiger partial charge in [0.05, 0.1) is 5.60 Å². The third-order valence-corrected chi connectivity index (χ3v) is 10.0. The summed E-state index contributed by atoms with van der Waals surface area (Å²) in [5, 5.41) is 22.3. The highest BCUT2D eigenvalue weighted by Crippen LogP contribution is 2.68. The monoisotopic (exact) mass is 400 g/mol. The molecule has 0 aromatic carbocycles. The van der Waals surface area contributed by atoms with Crippen LogP contribution in [0, 0.1) is 40.4 Å². The van der Waals surface area contributed by atoms with E-state index in [0.29, 0.717) is 23.0 Å². The van der Waals surface area contributed by atoms with Gasteiger partial charge in [-0.2, -0.15) is 4.80 Å². The maximum absolute atomic E-state index is 13.1. The zero-order valence-electron chi connectivity index (χ0n) is 18.2. The van der Waals surface area contributed by atoms with Gasteiger partial charge in [0.15, 0.2) is 12.1 Å². The minimum atomic E-state index is -0.472. The Balaban J connectivity index is 1.36. The molecule has 0 spiro atoms. The Morgan fingerprint density at radius 3 is 2.59 bits per heavy atom. The van der Waals surface area contributed by atoms with Crippen molar-refractivity contribution in [2.45, 2.75) is 90.7 Å². The fraction of sp³-hybridized carbons (Fsp3) is 0.913. The van der Waals surface area contributed by atoms with Crippen LogP contribution in [0.1, 0.15) is 78.6 Å². The van der Waals surface area contributed by atoms with Crippen LogP contribution in [-0.2, 0) is 11.3 Å². The summed E-state index contributed by atoms with van der Waals surface area (Å²) in [5.41, 5.74) is 0.0296. The van der Waals surface area contributed by atoms with E-state index in [2.05, 4.69) is 29.3 Å². The molecule has 1 N–H and O–H groups in total. The Bertz CT molecular complexity index is 778. The number of ketones is 1. The van der Waals surface area contributed by atoms with Crippen LogP contribution in [0.3, 0.4) is 0 Å². The molecular weight excluding hydrogens is 364 g/mol. The van der Waals surface area contributed by atoms with Gasteiger partial charge in [-0.25, -0.2) is 0 Å². The molecule has 8 atom stereocenters. The number of rotatable bonds is 3. The second-order valence-electron chi connectivity index (χ2n) is 11.5. The van der Waals surface area contributed by atoms with E-state index in [-0.39, 0.29) is 17.9 Å². The Morgan fingerprint density at radius 1 is 1.03 bits per heavy atom. The van der Waals surface area contributed by atoms with Crippen LogP contribution in [0.15, 0.2) is 6.33 Å². The van der Waals surface area contributed by atoms with E-state index < -0.39 is 5.60 Å². The van der Waals surface area contributed by atoms with Crippen molar-refractivity contribution in [3.8, 4) is 0 Å². The normalized spacial score (nSPS) is 49.2. The van der Waals surface area contributed by atoms with Crippen LogP contribution in [0.5, 0.6) is 0 Å². The minimum Gasteiger partial charge on any atom is -0.390 e. The van der Waals surface area contributed by atoms with Gasteiger partial charge in [0.1, 0.15) is 6.54 Å². The third kappa shape index (κ3) is 3.00. The van der Waals surface area contributed by atoms with Crippen molar-refractivity contribution in [2.24, 2.45) is 40.4 Å². The van der Waals surface area contributed by atoms with Gasteiger partial charge in [0.25, 0.3) is 0 Å². The largest absolute Gasteiger partial charge is 0.390 e. The number of carbonyl (C=O) groups excluding carboxylic acids is 1. The Kier molecular flexibility index (Phi) is 4.47. The lowest BCUT2D eigenvalue weighted by Crippen LogP contribution is -2.55. The molecule has 4 aliphatic rings. The van der Waals surface area contributed by atoms with Crippen molar-refractivity contribution >= 4 is 5.78 Å². The molecule has 5 rings (SSSR count). The molecule has 0 radical (unpaired) electrons. The SMILES string of the molecule is C[C@@]1(O)CC[C@@]2(C)[C@@H](CC[C@@H]3[C@@H]2CC[C@]2(C)[C@@H](C(=O)Cn4ncnn4)CC[C@@H]32)C1. The van der Waals surface area contributed by atoms with Gasteiger partial charge in [-0.1, -0.05) is 13.8 Å². The summed E-state index contributed by atoms with van der Waals surface area (Å²) in [4.78, 5) is 14.6. The molecule has 0 amide bonds. The number of fused-ring (bicyclic) bond motifs is 5. The highest BCUT2D eigenvalue weighted by molar-refractivity contribution is 5.81. The lowest BCUT2D eigenvalue weighted by Gasteiger charge is -2.61. The van der Waals surface area contributed by atoms with Gasteiger partial charge >= 0.3 is 0 Å². The second kappa shape index (κ2) is 6.60. The van der Waals surface area contributed by atoms with E-state index >= 15 is 0 Å². The average molecular weight is 401 g/mol. The second-order valence-corrected chi connectivity index (χ2v) is 11.5. The summed E-state index contributed by atoms with van der Waals surface area (Å²) in [6, 6.07) is 0. The van der Waals surface area contributed by atoms with Gasteiger partial charge in [-0.3, -0.25) is 4.79 Å². The van der Waals surface area contributed by atoms with Gasteiger partial charge < -0.3 is 5.11 Å². The van der Waals surface area contributed by atoms with Crippen LogP contribution < -0.4 is 0 Å². The third-order valence-electron chi connectivity index (χ3n) is 10.0. The van der Waals surface area contributed by atoms with Crippen molar-refractivity contribution in [1.82, 2.24) is 20.2 Å². The molecule has 0 saturated heterocycles. The standard InChI is InChI=1S/C23H36N4O2/c1-21(29)10-11-22(2)15(12-21)4-5-16-17-6-7-19(23(17,3)9-8-18(16)22)20(28)13-27-25-14-24-26-27/h14-19,29H,4-13H2,1-3H3/t15-,16-,17-,18-,19+,21+,22-,23-/m0/s1. The smallest absolute Gasteiger partial charge is 0.162 e. The molecule has 4 aliphatic carbocycles. The summed E-state index contributed by atoms with van der Waals surface area (Å²) in [6.07, 6.45) is 11.6. The molecule has 0 unspecified atom stereocenters. The van der Waals surface area contributed by atoms with Crippen LogP contribution >= 0.6 is 0 Å². The quantitative estimate of drug-likeness (QED) is 0.837. The van der Waals surface area contributed by atoms with Gasteiger partial charge in [0, 0.05) is 5.92 Å². The first kappa shape index (κ1) is 19.7. The van der Waals surface area contributed by atoms with Gasteiger partial charge in [-0.05, 0) is 104 Å². The van der Waals surface area contributed by atoms with E-state index in [1.165, 1.54) is 43.2 Å². The van der Waals surface area contributed by atoms with Crippen molar-refractivity contribution < 1.29 is 9.90 Å². The Morgan fingerprint density at radius 2 is 1.83 bits per heavy atom. The Hall–Kier alpha value is -1.30. The molecule has 160 valence electrons. The van der Waals surface area contributed by atoms with E-state index in [1.807, 2.05) is 6.92 Å². The lowest BCUT2D eigenvalue weighted by molar-refractivity contribution is -0.151. The van der Waals surface area contributed by atoms with E-state index in [1.54, 1.807) is 0 Å². The lowest BCUT2D eigenvalue weighted by atomic mass is 9.44. The molecule has 0 bridgehead atoms. The predicted octanol–water partition coefficient (Wildman–Crippen LogP) is 3.65. The molecule has 1 aromatic heterocycles. The van der Waals surface area contributed by atoms with Crippen molar-refractivity contribution in [1.29, 1.82) is 0 Å². The number of hydrogen-bond acceptors (Lipinski definition) is 5. The number of nitrogens with zero attached hydrogens (tertiary/aromatic N) is 4. The van der Waals surface area contributed by atoms with Gasteiger partial charge in [-0.15, -0.1) is 10.2 Å². The zero-order chi connectivity index (χ0) is 20.4. The fourth-order valence-electron chi connectivity index (χ4n) is 8.47.